The molecule has 150 valence electrons. The van der Waals surface area contributed by atoms with Gasteiger partial charge >= 0.3 is 5.97 Å². The van der Waals surface area contributed by atoms with Crippen LogP contribution < -0.4 is 4.31 Å². The van der Waals surface area contributed by atoms with Crippen LogP contribution in [0.15, 0.2) is 47.4 Å². The number of methoxy groups -OCH3 is 1. The Labute approximate surface area is 174 Å². The summed E-state index contributed by atoms with van der Waals surface area (Å²) in [5.74, 6) is -0.745. The number of aromatic nitrogens is 1. The zero-order valence-corrected chi connectivity index (χ0v) is 17.7. The number of nitrogens with zero attached hydrogens (tertiary/aromatic N) is 2. The minimum absolute atomic E-state index is 0.0295. The second-order valence-corrected chi connectivity index (χ2v) is 9.46. The standard InChI is InChI=1S/C21H19ClN2O4S/c1-12-4-6-15(7-5-12)29(26,27)24-11-13(2)16-8-14(22)9-17-20(16)19(24)10-18(23-17)21(25)28-3/h4-10,13H,11H2,1-3H3. The molecular weight excluding hydrogens is 412 g/mol. The molecule has 0 fully saturated rings. The van der Waals surface area contributed by atoms with Gasteiger partial charge in [-0.05, 0) is 42.8 Å². The van der Waals surface area contributed by atoms with Crippen molar-refractivity contribution in [1.29, 1.82) is 0 Å². The van der Waals surface area contributed by atoms with Crippen LogP contribution in [-0.2, 0) is 14.8 Å². The number of sulfonamides is 1. The van der Waals surface area contributed by atoms with E-state index in [9.17, 15) is 13.2 Å². The summed E-state index contributed by atoms with van der Waals surface area (Å²) in [6, 6.07) is 11.6. The molecule has 6 nitrogen and oxygen atoms in total. The molecule has 1 atom stereocenters. The first kappa shape index (κ1) is 19.7. The van der Waals surface area contributed by atoms with Crippen molar-refractivity contribution in [2.24, 2.45) is 0 Å². The van der Waals surface area contributed by atoms with Gasteiger partial charge in [0.15, 0.2) is 5.69 Å². The normalized spacial score (nSPS) is 16.1. The van der Waals surface area contributed by atoms with E-state index < -0.39 is 16.0 Å². The Hall–Kier alpha value is -2.64. The smallest absolute Gasteiger partial charge is 0.356 e. The maximum Gasteiger partial charge on any atom is 0.356 e. The first-order valence-corrected chi connectivity index (χ1v) is 10.9. The van der Waals surface area contributed by atoms with Crippen molar-refractivity contribution in [2.45, 2.75) is 24.7 Å². The molecule has 0 saturated heterocycles. The number of rotatable bonds is 3. The van der Waals surface area contributed by atoms with Crippen LogP contribution in [0.3, 0.4) is 0 Å². The second kappa shape index (κ2) is 7.00. The van der Waals surface area contributed by atoms with Gasteiger partial charge in [0, 0.05) is 22.9 Å². The van der Waals surface area contributed by atoms with Crippen molar-refractivity contribution >= 4 is 44.2 Å². The molecule has 2 heterocycles. The number of carbonyl (C=O) groups is 1. The Morgan fingerprint density at radius 1 is 1.21 bits per heavy atom. The van der Waals surface area contributed by atoms with Gasteiger partial charge in [0.25, 0.3) is 10.0 Å². The molecule has 4 rings (SSSR count). The van der Waals surface area contributed by atoms with Crippen LogP contribution in [0.4, 0.5) is 5.69 Å². The Kier molecular flexibility index (Phi) is 4.75. The summed E-state index contributed by atoms with van der Waals surface area (Å²) in [5.41, 5.74) is 2.76. The van der Waals surface area contributed by atoms with Crippen LogP contribution in [0.5, 0.6) is 0 Å². The molecule has 1 unspecified atom stereocenters. The molecule has 1 aliphatic rings. The molecular formula is C21H19ClN2O4S. The van der Waals surface area contributed by atoms with Crippen LogP contribution in [0.1, 0.15) is 34.5 Å². The van der Waals surface area contributed by atoms with E-state index in [4.69, 9.17) is 16.3 Å². The van der Waals surface area contributed by atoms with E-state index in [0.717, 1.165) is 11.1 Å². The lowest BCUT2D eigenvalue weighted by Gasteiger charge is -2.34. The fourth-order valence-corrected chi connectivity index (χ4v) is 5.43. The van der Waals surface area contributed by atoms with E-state index in [1.165, 1.54) is 17.5 Å². The maximum atomic E-state index is 13.5. The predicted octanol–water partition coefficient (Wildman–Crippen LogP) is 4.30. The Morgan fingerprint density at radius 2 is 1.90 bits per heavy atom. The summed E-state index contributed by atoms with van der Waals surface area (Å²) in [6.07, 6.45) is 0. The molecule has 0 aliphatic carbocycles. The number of carbonyl (C=O) groups excluding carboxylic acids is 1. The lowest BCUT2D eigenvalue weighted by molar-refractivity contribution is 0.0594. The minimum atomic E-state index is -3.84. The number of ether oxygens (including phenoxy) is 1. The molecule has 29 heavy (non-hydrogen) atoms. The Balaban J connectivity index is 2.01. The second-order valence-electron chi connectivity index (χ2n) is 7.16. The van der Waals surface area contributed by atoms with Crippen molar-refractivity contribution in [3.05, 3.63) is 64.3 Å². The fraction of sp³-hybridized carbons (Fsp3) is 0.238. The molecule has 0 spiro atoms. The summed E-state index contributed by atoms with van der Waals surface area (Å²) in [5, 5.41) is 1.16. The highest BCUT2D eigenvalue weighted by Crippen LogP contribution is 2.42. The zero-order chi connectivity index (χ0) is 20.9. The summed E-state index contributed by atoms with van der Waals surface area (Å²) in [7, 11) is -2.58. The van der Waals surface area contributed by atoms with E-state index in [1.807, 2.05) is 19.9 Å². The van der Waals surface area contributed by atoms with Gasteiger partial charge in [-0.2, -0.15) is 0 Å². The quantitative estimate of drug-likeness (QED) is 0.579. The highest BCUT2D eigenvalue weighted by molar-refractivity contribution is 7.92. The summed E-state index contributed by atoms with van der Waals surface area (Å²) in [4.78, 5) is 16.7. The van der Waals surface area contributed by atoms with Crippen LogP contribution >= 0.6 is 11.6 Å². The van der Waals surface area contributed by atoms with Gasteiger partial charge in [0.2, 0.25) is 0 Å². The van der Waals surface area contributed by atoms with E-state index >= 15 is 0 Å². The molecule has 0 bridgehead atoms. The van der Waals surface area contributed by atoms with Crippen molar-refractivity contribution in [3.63, 3.8) is 0 Å². The van der Waals surface area contributed by atoms with Crippen molar-refractivity contribution < 1.29 is 17.9 Å². The largest absolute Gasteiger partial charge is 0.464 e. The first-order chi connectivity index (χ1) is 13.7. The molecule has 1 aliphatic heterocycles. The minimum Gasteiger partial charge on any atom is -0.464 e. The Bertz CT molecular complexity index is 1240. The molecule has 2 aromatic carbocycles. The SMILES string of the molecule is COC(=O)c1cc2c3c(cc(Cl)cc3n1)C(C)CN2S(=O)(=O)c1ccc(C)cc1. The third kappa shape index (κ3) is 3.24. The van der Waals surface area contributed by atoms with E-state index in [1.54, 1.807) is 30.3 Å². The molecule has 1 aromatic heterocycles. The first-order valence-electron chi connectivity index (χ1n) is 9.04. The van der Waals surface area contributed by atoms with E-state index in [2.05, 4.69) is 4.98 Å². The van der Waals surface area contributed by atoms with E-state index in [-0.39, 0.29) is 23.1 Å². The molecule has 8 heteroatoms. The van der Waals surface area contributed by atoms with Gasteiger partial charge in [-0.25, -0.2) is 18.2 Å². The molecule has 0 N–H and O–H groups in total. The topological polar surface area (TPSA) is 76.6 Å². The van der Waals surface area contributed by atoms with Crippen LogP contribution in [0, 0.1) is 6.92 Å². The van der Waals surface area contributed by atoms with Gasteiger partial charge in [-0.3, -0.25) is 4.31 Å². The summed E-state index contributed by atoms with van der Waals surface area (Å²) < 4.78 is 33.1. The van der Waals surface area contributed by atoms with Gasteiger partial charge in [-0.1, -0.05) is 36.2 Å². The number of hydrogen-bond acceptors (Lipinski definition) is 5. The molecule has 3 aromatic rings. The highest BCUT2D eigenvalue weighted by Gasteiger charge is 2.34. The van der Waals surface area contributed by atoms with Crippen LogP contribution in [-0.4, -0.2) is 33.0 Å². The van der Waals surface area contributed by atoms with Gasteiger partial charge in [-0.15, -0.1) is 0 Å². The number of anilines is 1. The third-order valence-corrected chi connectivity index (χ3v) is 7.14. The average molecular weight is 431 g/mol. The van der Waals surface area contributed by atoms with Crippen LogP contribution in [0.25, 0.3) is 10.9 Å². The molecule has 0 radical (unpaired) electrons. The number of aryl methyl sites for hydroxylation is 1. The lowest BCUT2D eigenvalue weighted by Crippen LogP contribution is -2.37. The number of benzene rings is 2. The highest BCUT2D eigenvalue weighted by atomic mass is 35.5. The summed E-state index contributed by atoms with van der Waals surface area (Å²) in [6.45, 7) is 4.07. The van der Waals surface area contributed by atoms with Crippen LogP contribution in [0.2, 0.25) is 5.02 Å². The number of esters is 1. The van der Waals surface area contributed by atoms with Gasteiger partial charge in [0.05, 0.1) is 23.2 Å². The molecule has 0 saturated carbocycles. The zero-order valence-electron chi connectivity index (χ0n) is 16.1. The monoisotopic (exact) mass is 430 g/mol. The third-order valence-electron chi connectivity index (χ3n) is 5.13. The van der Waals surface area contributed by atoms with Gasteiger partial charge in [0.1, 0.15) is 0 Å². The maximum absolute atomic E-state index is 13.5. The molecule has 0 amide bonds. The number of pyridine rings is 1. The number of hydrogen-bond donors (Lipinski definition) is 0. The predicted molar refractivity (Wildman–Crippen MR) is 112 cm³/mol. The number of halogens is 1. The lowest BCUT2D eigenvalue weighted by atomic mass is 9.92. The summed E-state index contributed by atoms with van der Waals surface area (Å²) >= 11 is 6.26. The van der Waals surface area contributed by atoms with Crippen molar-refractivity contribution in [3.8, 4) is 0 Å². The Morgan fingerprint density at radius 3 is 2.55 bits per heavy atom. The fourth-order valence-electron chi connectivity index (χ4n) is 3.65. The van der Waals surface area contributed by atoms with Crippen molar-refractivity contribution in [1.82, 2.24) is 4.98 Å². The van der Waals surface area contributed by atoms with Gasteiger partial charge < -0.3 is 4.74 Å². The van der Waals surface area contributed by atoms with Crippen molar-refractivity contribution in [2.75, 3.05) is 18.0 Å². The average Bonchev–Trinajstić information content (AvgIpc) is 2.69. The van der Waals surface area contributed by atoms with E-state index in [0.29, 0.717) is 21.6 Å².